The number of carbonyl (C=O) groups is 4. The lowest BCUT2D eigenvalue weighted by Crippen LogP contribution is -2.48. The second kappa shape index (κ2) is 21.3. The highest BCUT2D eigenvalue weighted by Crippen LogP contribution is 2.08. The van der Waals surface area contributed by atoms with Crippen LogP contribution in [-0.4, -0.2) is 160 Å². The SMILES string of the molecule is CC(=O)CN1CCN(CC(=O)O)CCN(CCC(=O)CCCN(CCc2ccccn2)Cc2ccccn2)CCN(CC(=O)O)CC1. The van der Waals surface area contributed by atoms with E-state index in [1.807, 2.05) is 51.1 Å². The van der Waals surface area contributed by atoms with Crippen LogP contribution in [0.1, 0.15) is 37.6 Å². The van der Waals surface area contributed by atoms with Crippen LogP contribution >= 0.6 is 0 Å². The number of hydrogen-bond acceptors (Lipinski definition) is 11. The predicted molar refractivity (Wildman–Crippen MR) is 178 cm³/mol. The Bertz CT molecular complexity index is 1200. The van der Waals surface area contributed by atoms with Crippen LogP contribution < -0.4 is 0 Å². The number of Topliss-reactive ketones (excluding diaryl/α,β-unsaturated/α-hetero) is 2. The van der Waals surface area contributed by atoms with Gasteiger partial charge in [-0.1, -0.05) is 12.1 Å². The molecule has 1 saturated heterocycles. The number of aliphatic carboxylic acids is 2. The Labute approximate surface area is 278 Å². The Kier molecular flexibility index (Phi) is 17.1. The molecular weight excluding hydrogens is 602 g/mol. The van der Waals surface area contributed by atoms with E-state index in [0.717, 1.165) is 37.3 Å². The number of ketones is 2. The Hall–Kier alpha value is -3.62. The number of carbonyl (C=O) groups excluding carboxylic acids is 2. The summed E-state index contributed by atoms with van der Waals surface area (Å²) in [5.74, 6) is -1.65. The lowest BCUT2D eigenvalue weighted by Gasteiger charge is -2.33. The van der Waals surface area contributed by atoms with Crippen LogP contribution in [-0.2, 0) is 32.1 Å². The highest BCUT2D eigenvalue weighted by atomic mass is 16.4. The molecule has 0 unspecified atom stereocenters. The average molecular weight is 654 g/mol. The van der Waals surface area contributed by atoms with Gasteiger partial charge in [-0.3, -0.25) is 48.7 Å². The van der Waals surface area contributed by atoms with E-state index in [1.165, 1.54) is 6.92 Å². The minimum absolute atomic E-state index is 0.00732. The van der Waals surface area contributed by atoms with Crippen LogP contribution in [0, 0.1) is 0 Å². The van der Waals surface area contributed by atoms with Crippen molar-refractivity contribution in [2.24, 2.45) is 0 Å². The number of hydrogen-bond donors (Lipinski definition) is 2. The highest BCUT2D eigenvalue weighted by molar-refractivity contribution is 5.78. The molecule has 0 aliphatic carbocycles. The molecule has 0 bridgehead atoms. The number of aromatic nitrogens is 2. The van der Waals surface area contributed by atoms with Crippen molar-refractivity contribution in [3.05, 3.63) is 60.2 Å². The monoisotopic (exact) mass is 653 g/mol. The van der Waals surface area contributed by atoms with Gasteiger partial charge >= 0.3 is 11.9 Å². The molecule has 0 amide bonds. The molecule has 3 rings (SSSR count). The number of pyridine rings is 2. The first-order chi connectivity index (χ1) is 22.7. The van der Waals surface area contributed by atoms with Gasteiger partial charge in [0.1, 0.15) is 11.6 Å². The third-order valence-corrected chi connectivity index (χ3v) is 8.25. The molecule has 13 nitrogen and oxygen atoms in total. The molecule has 2 aromatic rings. The molecule has 2 N–H and O–H groups in total. The zero-order valence-electron chi connectivity index (χ0n) is 27.7. The van der Waals surface area contributed by atoms with Crippen LogP contribution in [0.15, 0.2) is 48.8 Å². The fourth-order valence-electron chi connectivity index (χ4n) is 5.69. The van der Waals surface area contributed by atoms with Gasteiger partial charge in [-0.05, 0) is 44.2 Å². The molecule has 258 valence electrons. The molecular formula is C34H51N7O6. The number of carboxylic acid groups (broad SMARTS) is 2. The van der Waals surface area contributed by atoms with Gasteiger partial charge in [-0.15, -0.1) is 0 Å². The summed E-state index contributed by atoms with van der Waals surface area (Å²) < 4.78 is 0. The first-order valence-electron chi connectivity index (χ1n) is 16.5. The van der Waals surface area contributed by atoms with Gasteiger partial charge in [0.2, 0.25) is 0 Å². The summed E-state index contributed by atoms with van der Waals surface area (Å²) in [6.45, 7) is 8.37. The van der Waals surface area contributed by atoms with Gasteiger partial charge in [0, 0.05) is 109 Å². The lowest BCUT2D eigenvalue weighted by molar-refractivity contribution is -0.139. The second-order valence-corrected chi connectivity index (χ2v) is 12.2. The maximum absolute atomic E-state index is 13.0. The smallest absolute Gasteiger partial charge is 0.317 e. The summed E-state index contributed by atoms with van der Waals surface area (Å²) in [5.41, 5.74) is 2.01. The van der Waals surface area contributed by atoms with E-state index in [9.17, 15) is 29.4 Å². The van der Waals surface area contributed by atoms with Crippen LogP contribution in [0.3, 0.4) is 0 Å². The molecule has 0 spiro atoms. The highest BCUT2D eigenvalue weighted by Gasteiger charge is 2.20. The topological polar surface area (TPSA) is 151 Å². The normalized spacial score (nSPS) is 16.4. The predicted octanol–water partition coefficient (Wildman–Crippen LogP) is 1.24. The Balaban J connectivity index is 1.55. The van der Waals surface area contributed by atoms with Gasteiger partial charge in [0.05, 0.1) is 25.3 Å². The van der Waals surface area contributed by atoms with E-state index in [-0.39, 0.29) is 31.2 Å². The zero-order valence-corrected chi connectivity index (χ0v) is 27.7. The first-order valence-corrected chi connectivity index (χ1v) is 16.5. The molecule has 0 radical (unpaired) electrons. The molecule has 1 aliphatic rings. The summed E-state index contributed by atoms with van der Waals surface area (Å²) in [6.07, 6.45) is 5.95. The van der Waals surface area contributed by atoms with Crippen LogP contribution in [0.5, 0.6) is 0 Å². The fraction of sp³-hybridized carbons (Fsp3) is 0.588. The largest absolute Gasteiger partial charge is 0.480 e. The van der Waals surface area contributed by atoms with E-state index in [0.29, 0.717) is 78.3 Å². The Morgan fingerprint density at radius 2 is 1.19 bits per heavy atom. The van der Waals surface area contributed by atoms with Crippen molar-refractivity contribution in [2.75, 3.05) is 91.6 Å². The van der Waals surface area contributed by atoms with E-state index >= 15 is 0 Å². The summed E-state index contributed by atoms with van der Waals surface area (Å²) in [5, 5.41) is 19.0. The van der Waals surface area contributed by atoms with Crippen molar-refractivity contribution in [3.63, 3.8) is 0 Å². The van der Waals surface area contributed by atoms with Crippen LogP contribution in [0.4, 0.5) is 0 Å². The Morgan fingerprint density at radius 1 is 0.681 bits per heavy atom. The molecule has 13 heteroatoms. The molecule has 3 heterocycles. The van der Waals surface area contributed by atoms with E-state index < -0.39 is 11.9 Å². The van der Waals surface area contributed by atoms with E-state index in [1.54, 1.807) is 12.4 Å². The van der Waals surface area contributed by atoms with Gasteiger partial charge in [-0.25, -0.2) is 0 Å². The summed E-state index contributed by atoms with van der Waals surface area (Å²) >= 11 is 0. The molecule has 1 fully saturated rings. The Morgan fingerprint density at radius 3 is 1.68 bits per heavy atom. The van der Waals surface area contributed by atoms with Crippen LogP contribution in [0.2, 0.25) is 0 Å². The maximum Gasteiger partial charge on any atom is 0.317 e. The average Bonchev–Trinajstić information content (AvgIpc) is 3.03. The summed E-state index contributed by atoms with van der Waals surface area (Å²) in [7, 11) is 0. The quantitative estimate of drug-likeness (QED) is 0.238. The van der Waals surface area contributed by atoms with Crippen molar-refractivity contribution >= 4 is 23.5 Å². The van der Waals surface area contributed by atoms with Gasteiger partial charge in [0.25, 0.3) is 0 Å². The molecule has 0 aromatic carbocycles. The van der Waals surface area contributed by atoms with Gasteiger partial charge < -0.3 is 15.1 Å². The van der Waals surface area contributed by atoms with Gasteiger partial charge in [0.15, 0.2) is 0 Å². The fourth-order valence-corrected chi connectivity index (χ4v) is 5.69. The molecule has 0 saturated carbocycles. The minimum atomic E-state index is -0.915. The third-order valence-electron chi connectivity index (χ3n) is 8.25. The maximum atomic E-state index is 13.0. The standard InChI is InChI=1S/C34H51N7O6/c1-29(42)25-39-21-23-40(27-33(44)45)19-17-37(18-20-41(24-22-39)28-34(46)47)16-11-32(43)9-6-14-38(26-31-8-3-5-13-36-31)15-10-30-7-2-4-12-35-30/h2-5,7-8,12-13H,6,9-11,14-28H2,1H3,(H,44,45)(H,46,47). The lowest BCUT2D eigenvalue weighted by atomic mass is 10.1. The summed E-state index contributed by atoms with van der Waals surface area (Å²) in [4.78, 5) is 67.1. The van der Waals surface area contributed by atoms with Gasteiger partial charge in [-0.2, -0.15) is 0 Å². The van der Waals surface area contributed by atoms with E-state index in [4.69, 9.17) is 0 Å². The third kappa shape index (κ3) is 16.7. The second-order valence-electron chi connectivity index (χ2n) is 12.2. The van der Waals surface area contributed by atoms with Crippen molar-refractivity contribution in [2.45, 2.75) is 39.2 Å². The van der Waals surface area contributed by atoms with Crippen molar-refractivity contribution in [3.8, 4) is 0 Å². The van der Waals surface area contributed by atoms with Crippen molar-refractivity contribution in [1.82, 2.24) is 34.5 Å². The first kappa shape index (κ1) is 37.8. The summed E-state index contributed by atoms with van der Waals surface area (Å²) in [6, 6.07) is 11.8. The zero-order chi connectivity index (χ0) is 33.9. The molecule has 2 aromatic heterocycles. The van der Waals surface area contributed by atoms with Crippen molar-refractivity contribution in [1.29, 1.82) is 0 Å². The minimum Gasteiger partial charge on any atom is -0.480 e. The van der Waals surface area contributed by atoms with Crippen molar-refractivity contribution < 1.29 is 29.4 Å². The number of rotatable bonds is 18. The molecule has 1 aliphatic heterocycles. The molecule has 0 atom stereocenters. The van der Waals surface area contributed by atoms with Crippen LogP contribution in [0.25, 0.3) is 0 Å². The number of carboxylic acids is 2. The molecule has 47 heavy (non-hydrogen) atoms. The van der Waals surface area contributed by atoms with E-state index in [2.05, 4.69) is 19.8 Å². The number of nitrogens with zero attached hydrogens (tertiary/aromatic N) is 7.